The molecule has 0 aliphatic heterocycles. The van der Waals surface area contributed by atoms with E-state index in [-0.39, 0.29) is 17.9 Å². The minimum Gasteiger partial charge on any atom is -0.472 e. The largest absolute Gasteiger partial charge is 0.472 e. The number of carbonyl (C=O) groups is 2. The molecule has 2 amide bonds. The van der Waals surface area contributed by atoms with Gasteiger partial charge in [0.25, 0.3) is 5.91 Å². The van der Waals surface area contributed by atoms with Crippen molar-refractivity contribution in [3.8, 4) is 0 Å². The van der Waals surface area contributed by atoms with Crippen LogP contribution in [0.15, 0.2) is 51.7 Å². The predicted octanol–water partition coefficient (Wildman–Crippen LogP) is 3.30. The molecule has 1 aromatic carbocycles. The Labute approximate surface area is 149 Å². The van der Waals surface area contributed by atoms with E-state index in [1.54, 1.807) is 13.0 Å². The van der Waals surface area contributed by atoms with Crippen molar-refractivity contribution >= 4 is 27.7 Å². The summed E-state index contributed by atoms with van der Waals surface area (Å²) in [5.41, 5.74) is 1.62. The Morgan fingerprint density at radius 1 is 1.12 bits per heavy atom. The van der Waals surface area contributed by atoms with E-state index < -0.39 is 6.04 Å². The first-order chi connectivity index (χ1) is 11.5. The summed E-state index contributed by atoms with van der Waals surface area (Å²) in [5, 5.41) is 5.58. The van der Waals surface area contributed by atoms with E-state index in [1.807, 2.05) is 19.1 Å². The maximum Gasteiger partial charge on any atom is 0.255 e. The standard InChI is InChI=1S/C18H21BrN2O3/c1-12(3-4-14-5-7-16(19)8-6-14)20-17(22)13(2)21-18(23)15-9-10-24-11-15/h5-13H,3-4H2,1-2H3,(H,20,22)(H,21,23). The second kappa shape index (κ2) is 8.68. The highest BCUT2D eigenvalue weighted by Gasteiger charge is 2.18. The molecular formula is C18H21BrN2O3. The fourth-order valence-electron chi connectivity index (χ4n) is 2.21. The van der Waals surface area contributed by atoms with E-state index in [1.165, 1.54) is 18.1 Å². The van der Waals surface area contributed by atoms with Crippen LogP contribution in [0.2, 0.25) is 0 Å². The van der Waals surface area contributed by atoms with E-state index in [9.17, 15) is 9.59 Å². The topological polar surface area (TPSA) is 71.3 Å². The van der Waals surface area contributed by atoms with Gasteiger partial charge in [0.2, 0.25) is 5.91 Å². The summed E-state index contributed by atoms with van der Waals surface area (Å²) >= 11 is 3.41. The van der Waals surface area contributed by atoms with Gasteiger partial charge in [0.05, 0.1) is 11.8 Å². The number of hydrogen-bond acceptors (Lipinski definition) is 3. The Morgan fingerprint density at radius 2 is 1.83 bits per heavy atom. The van der Waals surface area contributed by atoms with Crippen molar-refractivity contribution in [1.29, 1.82) is 0 Å². The zero-order valence-corrected chi connectivity index (χ0v) is 15.3. The van der Waals surface area contributed by atoms with E-state index in [2.05, 4.69) is 38.7 Å². The third-order valence-corrected chi connectivity index (χ3v) is 4.22. The lowest BCUT2D eigenvalue weighted by Gasteiger charge is -2.18. The summed E-state index contributed by atoms with van der Waals surface area (Å²) in [6.07, 6.45) is 4.48. The van der Waals surface area contributed by atoms with Gasteiger partial charge < -0.3 is 15.1 Å². The summed E-state index contributed by atoms with van der Waals surface area (Å²) in [6, 6.07) is 9.11. The summed E-state index contributed by atoms with van der Waals surface area (Å²) < 4.78 is 5.91. The van der Waals surface area contributed by atoms with Gasteiger partial charge in [-0.1, -0.05) is 28.1 Å². The minimum absolute atomic E-state index is 0.0226. The second-order valence-electron chi connectivity index (χ2n) is 5.78. The molecule has 1 aromatic heterocycles. The highest BCUT2D eigenvalue weighted by Crippen LogP contribution is 2.12. The van der Waals surface area contributed by atoms with Crippen molar-refractivity contribution in [2.75, 3.05) is 0 Å². The van der Waals surface area contributed by atoms with Gasteiger partial charge in [-0.3, -0.25) is 9.59 Å². The second-order valence-corrected chi connectivity index (χ2v) is 6.70. The first kappa shape index (κ1) is 18.3. The normalized spacial score (nSPS) is 13.1. The van der Waals surface area contributed by atoms with Crippen LogP contribution in [0.5, 0.6) is 0 Å². The van der Waals surface area contributed by atoms with Crippen molar-refractivity contribution in [3.05, 3.63) is 58.5 Å². The number of furan rings is 1. The molecule has 0 aliphatic carbocycles. The molecule has 0 saturated carbocycles. The third-order valence-electron chi connectivity index (χ3n) is 3.69. The van der Waals surface area contributed by atoms with Crippen LogP contribution in [0.1, 0.15) is 36.2 Å². The molecule has 6 heteroatoms. The van der Waals surface area contributed by atoms with Crippen molar-refractivity contribution in [2.24, 2.45) is 0 Å². The maximum absolute atomic E-state index is 12.2. The van der Waals surface area contributed by atoms with Crippen molar-refractivity contribution in [2.45, 2.75) is 38.8 Å². The molecule has 2 atom stereocenters. The molecule has 1 heterocycles. The molecule has 2 aromatic rings. The Balaban J connectivity index is 1.75. The lowest BCUT2D eigenvalue weighted by atomic mass is 10.1. The van der Waals surface area contributed by atoms with Crippen LogP contribution in [0.4, 0.5) is 0 Å². The van der Waals surface area contributed by atoms with Gasteiger partial charge in [-0.2, -0.15) is 0 Å². The monoisotopic (exact) mass is 392 g/mol. The zero-order valence-electron chi connectivity index (χ0n) is 13.7. The molecule has 2 unspecified atom stereocenters. The molecule has 0 bridgehead atoms. The molecule has 2 N–H and O–H groups in total. The minimum atomic E-state index is -0.609. The van der Waals surface area contributed by atoms with Crippen LogP contribution in [-0.4, -0.2) is 23.9 Å². The van der Waals surface area contributed by atoms with E-state index in [0.29, 0.717) is 5.56 Å². The van der Waals surface area contributed by atoms with Crippen molar-refractivity contribution in [1.82, 2.24) is 10.6 Å². The van der Waals surface area contributed by atoms with Gasteiger partial charge in [-0.05, 0) is 50.5 Å². The molecule has 0 fully saturated rings. The Morgan fingerprint density at radius 3 is 2.46 bits per heavy atom. The molecule has 2 rings (SSSR count). The zero-order chi connectivity index (χ0) is 17.5. The summed E-state index contributed by atoms with van der Waals surface area (Å²) in [5.74, 6) is -0.524. The molecule has 5 nitrogen and oxygen atoms in total. The average Bonchev–Trinajstić information content (AvgIpc) is 3.08. The van der Waals surface area contributed by atoms with Crippen LogP contribution in [0, 0.1) is 0 Å². The average molecular weight is 393 g/mol. The van der Waals surface area contributed by atoms with Crippen LogP contribution in [0.25, 0.3) is 0 Å². The molecular weight excluding hydrogens is 372 g/mol. The Kier molecular flexibility index (Phi) is 6.61. The molecule has 0 radical (unpaired) electrons. The van der Waals surface area contributed by atoms with Gasteiger partial charge in [0.15, 0.2) is 0 Å². The summed E-state index contributed by atoms with van der Waals surface area (Å²) in [7, 11) is 0. The highest BCUT2D eigenvalue weighted by atomic mass is 79.9. The van der Waals surface area contributed by atoms with E-state index >= 15 is 0 Å². The SMILES string of the molecule is CC(CCc1ccc(Br)cc1)NC(=O)C(C)NC(=O)c1ccoc1. The number of rotatable bonds is 7. The molecule has 0 spiro atoms. The van der Waals surface area contributed by atoms with Gasteiger partial charge in [0.1, 0.15) is 12.3 Å². The molecule has 0 aliphatic rings. The fourth-order valence-corrected chi connectivity index (χ4v) is 2.48. The molecule has 24 heavy (non-hydrogen) atoms. The maximum atomic E-state index is 12.2. The van der Waals surface area contributed by atoms with Crippen LogP contribution in [-0.2, 0) is 11.2 Å². The van der Waals surface area contributed by atoms with Gasteiger partial charge in [0, 0.05) is 10.5 Å². The first-order valence-corrected chi connectivity index (χ1v) is 8.63. The highest BCUT2D eigenvalue weighted by molar-refractivity contribution is 9.10. The molecule has 128 valence electrons. The number of amides is 2. The Hall–Kier alpha value is -2.08. The lowest BCUT2D eigenvalue weighted by molar-refractivity contribution is -0.123. The first-order valence-electron chi connectivity index (χ1n) is 7.83. The quantitative estimate of drug-likeness (QED) is 0.759. The fraction of sp³-hybridized carbons (Fsp3) is 0.333. The smallest absolute Gasteiger partial charge is 0.255 e. The number of benzene rings is 1. The number of aryl methyl sites for hydroxylation is 1. The summed E-state index contributed by atoms with van der Waals surface area (Å²) in [6.45, 7) is 3.62. The molecule has 0 saturated heterocycles. The van der Waals surface area contributed by atoms with Crippen molar-refractivity contribution in [3.63, 3.8) is 0 Å². The summed E-state index contributed by atoms with van der Waals surface area (Å²) in [4.78, 5) is 24.0. The van der Waals surface area contributed by atoms with Gasteiger partial charge in [-0.15, -0.1) is 0 Å². The number of halogens is 1. The van der Waals surface area contributed by atoms with Crippen LogP contribution in [0.3, 0.4) is 0 Å². The van der Waals surface area contributed by atoms with E-state index in [4.69, 9.17) is 4.42 Å². The van der Waals surface area contributed by atoms with Crippen LogP contribution >= 0.6 is 15.9 Å². The number of nitrogens with one attached hydrogen (secondary N) is 2. The van der Waals surface area contributed by atoms with E-state index in [0.717, 1.165) is 17.3 Å². The van der Waals surface area contributed by atoms with Crippen molar-refractivity contribution < 1.29 is 14.0 Å². The third kappa shape index (κ3) is 5.53. The van der Waals surface area contributed by atoms with Crippen LogP contribution < -0.4 is 10.6 Å². The lowest BCUT2D eigenvalue weighted by Crippen LogP contribution is -2.47. The Bertz CT molecular complexity index is 668. The van der Waals surface area contributed by atoms with Gasteiger partial charge in [-0.25, -0.2) is 0 Å². The number of hydrogen-bond donors (Lipinski definition) is 2. The predicted molar refractivity (Wildman–Crippen MR) is 95.7 cm³/mol. The number of carbonyl (C=O) groups excluding carboxylic acids is 2. The van der Waals surface area contributed by atoms with Gasteiger partial charge >= 0.3 is 0 Å².